The SMILES string of the molecule is CNC(=O)c1ccc(CNC(=O)NC(C)c2ccccc2)cc1. The molecule has 0 radical (unpaired) electrons. The molecule has 1 atom stereocenters. The van der Waals surface area contributed by atoms with Gasteiger partial charge in [-0.15, -0.1) is 0 Å². The molecule has 0 aliphatic rings. The monoisotopic (exact) mass is 311 g/mol. The molecule has 2 aromatic rings. The molecule has 23 heavy (non-hydrogen) atoms. The van der Waals surface area contributed by atoms with Crippen LogP contribution in [0.3, 0.4) is 0 Å². The third-order valence-corrected chi connectivity index (χ3v) is 3.54. The summed E-state index contributed by atoms with van der Waals surface area (Å²) in [5.41, 5.74) is 2.58. The number of carbonyl (C=O) groups excluding carboxylic acids is 2. The molecule has 3 N–H and O–H groups in total. The van der Waals surface area contributed by atoms with Gasteiger partial charge in [-0.3, -0.25) is 4.79 Å². The van der Waals surface area contributed by atoms with Crippen molar-refractivity contribution < 1.29 is 9.59 Å². The second kappa shape index (κ2) is 7.98. The lowest BCUT2D eigenvalue weighted by Gasteiger charge is -2.15. The van der Waals surface area contributed by atoms with Crippen LogP contribution in [0.1, 0.15) is 34.5 Å². The number of hydrogen-bond acceptors (Lipinski definition) is 2. The largest absolute Gasteiger partial charge is 0.355 e. The minimum absolute atomic E-state index is 0.0631. The van der Waals surface area contributed by atoms with Crippen molar-refractivity contribution in [3.05, 3.63) is 71.3 Å². The van der Waals surface area contributed by atoms with Gasteiger partial charge in [-0.05, 0) is 30.2 Å². The topological polar surface area (TPSA) is 70.2 Å². The highest BCUT2D eigenvalue weighted by Crippen LogP contribution is 2.10. The third kappa shape index (κ3) is 4.85. The summed E-state index contributed by atoms with van der Waals surface area (Å²) in [6.45, 7) is 2.34. The number of carbonyl (C=O) groups is 2. The normalized spacial score (nSPS) is 11.4. The van der Waals surface area contributed by atoms with Crippen molar-refractivity contribution in [1.82, 2.24) is 16.0 Å². The average molecular weight is 311 g/mol. The Morgan fingerprint density at radius 3 is 2.26 bits per heavy atom. The molecule has 0 heterocycles. The molecule has 120 valence electrons. The first-order chi connectivity index (χ1) is 11.1. The first-order valence-corrected chi connectivity index (χ1v) is 7.50. The van der Waals surface area contributed by atoms with Crippen molar-refractivity contribution in [2.45, 2.75) is 19.5 Å². The van der Waals surface area contributed by atoms with Gasteiger partial charge in [0.2, 0.25) is 0 Å². The van der Waals surface area contributed by atoms with Crippen molar-refractivity contribution in [2.75, 3.05) is 7.05 Å². The van der Waals surface area contributed by atoms with Crippen molar-refractivity contribution in [1.29, 1.82) is 0 Å². The Balaban J connectivity index is 1.83. The van der Waals surface area contributed by atoms with Gasteiger partial charge in [-0.2, -0.15) is 0 Å². The second-order valence-corrected chi connectivity index (χ2v) is 5.24. The molecule has 3 amide bonds. The molecule has 0 aliphatic heterocycles. The van der Waals surface area contributed by atoms with Crippen LogP contribution in [0.15, 0.2) is 54.6 Å². The zero-order valence-corrected chi connectivity index (χ0v) is 13.3. The Hall–Kier alpha value is -2.82. The lowest BCUT2D eigenvalue weighted by Crippen LogP contribution is -2.36. The highest BCUT2D eigenvalue weighted by atomic mass is 16.2. The van der Waals surface area contributed by atoms with E-state index in [0.29, 0.717) is 12.1 Å². The van der Waals surface area contributed by atoms with Crippen LogP contribution in [0, 0.1) is 0 Å². The first kappa shape index (κ1) is 16.5. The molecule has 0 fully saturated rings. The van der Waals surface area contributed by atoms with Crippen LogP contribution in [0.25, 0.3) is 0 Å². The molecule has 2 rings (SSSR count). The van der Waals surface area contributed by atoms with E-state index in [2.05, 4.69) is 16.0 Å². The van der Waals surface area contributed by atoms with Gasteiger partial charge in [0.05, 0.1) is 6.04 Å². The van der Waals surface area contributed by atoms with E-state index < -0.39 is 0 Å². The van der Waals surface area contributed by atoms with Crippen LogP contribution >= 0.6 is 0 Å². The van der Waals surface area contributed by atoms with Crippen LogP contribution in [-0.2, 0) is 6.54 Å². The molecule has 0 saturated carbocycles. The summed E-state index contributed by atoms with van der Waals surface area (Å²) < 4.78 is 0. The molecular formula is C18H21N3O2. The molecule has 1 unspecified atom stereocenters. The van der Waals surface area contributed by atoms with Crippen molar-refractivity contribution >= 4 is 11.9 Å². The van der Waals surface area contributed by atoms with Crippen LogP contribution in [0.5, 0.6) is 0 Å². The smallest absolute Gasteiger partial charge is 0.315 e. The zero-order chi connectivity index (χ0) is 16.7. The van der Waals surface area contributed by atoms with Crippen LogP contribution in [0.2, 0.25) is 0 Å². The van der Waals surface area contributed by atoms with E-state index in [4.69, 9.17) is 0 Å². The van der Waals surface area contributed by atoms with E-state index in [1.807, 2.05) is 49.4 Å². The lowest BCUT2D eigenvalue weighted by atomic mass is 10.1. The summed E-state index contributed by atoms with van der Waals surface area (Å²) in [4.78, 5) is 23.4. The van der Waals surface area contributed by atoms with Crippen LogP contribution < -0.4 is 16.0 Å². The van der Waals surface area contributed by atoms with Gasteiger partial charge in [0.1, 0.15) is 0 Å². The fraction of sp³-hybridized carbons (Fsp3) is 0.222. The first-order valence-electron chi connectivity index (χ1n) is 7.50. The number of rotatable bonds is 5. The summed E-state index contributed by atoms with van der Waals surface area (Å²) in [5, 5.41) is 8.27. The van der Waals surface area contributed by atoms with E-state index >= 15 is 0 Å². The average Bonchev–Trinajstić information content (AvgIpc) is 2.60. The fourth-order valence-corrected chi connectivity index (χ4v) is 2.17. The van der Waals surface area contributed by atoms with E-state index in [1.165, 1.54) is 0 Å². The number of amides is 3. The van der Waals surface area contributed by atoms with Crippen molar-refractivity contribution in [2.24, 2.45) is 0 Å². The number of nitrogens with one attached hydrogen (secondary N) is 3. The summed E-state index contributed by atoms with van der Waals surface area (Å²) >= 11 is 0. The maximum atomic E-state index is 11.9. The van der Waals surface area contributed by atoms with E-state index in [1.54, 1.807) is 19.2 Å². The lowest BCUT2D eigenvalue weighted by molar-refractivity contribution is 0.0963. The van der Waals surface area contributed by atoms with Crippen LogP contribution in [0.4, 0.5) is 4.79 Å². The summed E-state index contributed by atoms with van der Waals surface area (Å²) in [5.74, 6) is -0.126. The van der Waals surface area contributed by atoms with Crippen molar-refractivity contribution in [3.8, 4) is 0 Å². The Morgan fingerprint density at radius 2 is 1.65 bits per heavy atom. The molecule has 0 bridgehead atoms. The van der Waals surface area contributed by atoms with Gasteiger partial charge in [0.15, 0.2) is 0 Å². The van der Waals surface area contributed by atoms with E-state index in [0.717, 1.165) is 11.1 Å². The number of urea groups is 1. The molecule has 5 nitrogen and oxygen atoms in total. The Kier molecular flexibility index (Phi) is 5.74. The Morgan fingerprint density at radius 1 is 1.00 bits per heavy atom. The summed E-state index contributed by atoms with van der Waals surface area (Å²) in [7, 11) is 1.59. The van der Waals surface area contributed by atoms with Gasteiger partial charge >= 0.3 is 6.03 Å². The molecule has 0 aromatic heterocycles. The zero-order valence-electron chi connectivity index (χ0n) is 13.3. The second-order valence-electron chi connectivity index (χ2n) is 5.24. The fourth-order valence-electron chi connectivity index (χ4n) is 2.17. The highest BCUT2D eigenvalue weighted by molar-refractivity contribution is 5.93. The molecular weight excluding hydrogens is 290 g/mol. The number of benzene rings is 2. The molecule has 0 saturated heterocycles. The molecule has 0 aliphatic carbocycles. The maximum absolute atomic E-state index is 11.9. The standard InChI is InChI=1S/C18H21N3O2/c1-13(15-6-4-3-5-7-15)21-18(23)20-12-14-8-10-16(11-9-14)17(22)19-2/h3-11,13H,12H2,1-2H3,(H,19,22)(H2,20,21,23). The van der Waals surface area contributed by atoms with Crippen LogP contribution in [-0.4, -0.2) is 19.0 Å². The van der Waals surface area contributed by atoms with E-state index in [-0.39, 0.29) is 18.0 Å². The predicted octanol–water partition coefficient (Wildman–Crippen LogP) is 2.61. The number of hydrogen-bond donors (Lipinski definition) is 3. The summed E-state index contributed by atoms with van der Waals surface area (Å²) in [6, 6.07) is 16.6. The highest BCUT2D eigenvalue weighted by Gasteiger charge is 2.08. The van der Waals surface area contributed by atoms with Gasteiger partial charge in [0.25, 0.3) is 5.91 Å². The minimum Gasteiger partial charge on any atom is -0.355 e. The van der Waals surface area contributed by atoms with Crippen molar-refractivity contribution in [3.63, 3.8) is 0 Å². The Bertz CT molecular complexity index is 654. The van der Waals surface area contributed by atoms with Gasteiger partial charge in [0, 0.05) is 19.2 Å². The Labute approximate surface area is 136 Å². The third-order valence-electron chi connectivity index (χ3n) is 3.54. The minimum atomic E-state index is -0.225. The van der Waals surface area contributed by atoms with Gasteiger partial charge < -0.3 is 16.0 Å². The predicted molar refractivity (Wildman–Crippen MR) is 90.1 cm³/mol. The quantitative estimate of drug-likeness (QED) is 0.794. The molecule has 5 heteroatoms. The van der Waals surface area contributed by atoms with E-state index in [9.17, 15) is 9.59 Å². The maximum Gasteiger partial charge on any atom is 0.315 e. The van der Waals surface area contributed by atoms with Gasteiger partial charge in [-0.25, -0.2) is 4.79 Å². The molecule has 0 spiro atoms. The van der Waals surface area contributed by atoms with Gasteiger partial charge in [-0.1, -0.05) is 42.5 Å². The molecule has 2 aromatic carbocycles. The summed E-state index contributed by atoms with van der Waals surface area (Å²) in [6.07, 6.45) is 0.